The number of hydrogen-bond acceptors (Lipinski definition) is 4. The van der Waals surface area contributed by atoms with Gasteiger partial charge < -0.3 is 9.66 Å². The predicted octanol–water partition coefficient (Wildman–Crippen LogP) is 3.72. The van der Waals surface area contributed by atoms with Crippen molar-refractivity contribution in [3.63, 3.8) is 0 Å². The molecule has 0 bridgehead atoms. The summed E-state index contributed by atoms with van der Waals surface area (Å²) in [5.74, 6) is -0.200. The van der Waals surface area contributed by atoms with Gasteiger partial charge in [0.25, 0.3) is 0 Å². The van der Waals surface area contributed by atoms with Crippen LogP contribution in [0.1, 0.15) is 135 Å². The molecule has 0 aliphatic heterocycles. The standard InChI is InChI=1S/C23H48O4S.Na/c1-2-3-17-20-23(24)21-18-15-13-11-9-7-5-4-6-8-10-12-14-16-19-22-28(25,26)27;/h23-24H,2-22H2,1H3,(H,25,26,27);/q;+1/p-1. The fourth-order valence-corrected chi connectivity index (χ4v) is 4.29. The molecule has 0 fully saturated rings. The van der Waals surface area contributed by atoms with E-state index in [1.54, 1.807) is 0 Å². The Morgan fingerprint density at radius 1 is 0.621 bits per heavy atom. The Labute approximate surface area is 204 Å². The van der Waals surface area contributed by atoms with Crippen molar-refractivity contribution < 1.29 is 47.6 Å². The maximum absolute atomic E-state index is 10.5. The van der Waals surface area contributed by atoms with Gasteiger partial charge in [-0.15, -0.1) is 0 Å². The van der Waals surface area contributed by atoms with Crippen LogP contribution in [-0.2, 0) is 10.1 Å². The molecule has 0 radical (unpaired) electrons. The molecule has 1 atom stereocenters. The fraction of sp³-hybridized carbons (Fsp3) is 1.00. The largest absolute Gasteiger partial charge is 1.00 e. The van der Waals surface area contributed by atoms with Crippen molar-refractivity contribution in [1.29, 1.82) is 0 Å². The Morgan fingerprint density at radius 3 is 1.28 bits per heavy atom. The van der Waals surface area contributed by atoms with Crippen LogP contribution in [0, 0.1) is 0 Å². The molecule has 0 saturated carbocycles. The van der Waals surface area contributed by atoms with Crippen LogP contribution in [0.3, 0.4) is 0 Å². The number of aliphatic hydroxyl groups is 1. The van der Waals surface area contributed by atoms with Crippen molar-refractivity contribution >= 4 is 10.1 Å². The molecule has 0 aromatic heterocycles. The SMILES string of the molecule is CCCCCC(O)CCCCCCCCCCCCCCCCCS(=O)(=O)[O-].[Na+]. The topological polar surface area (TPSA) is 77.4 Å². The maximum atomic E-state index is 10.5. The molecule has 0 aromatic carbocycles. The quantitative estimate of drug-likeness (QED) is 0.157. The van der Waals surface area contributed by atoms with Crippen LogP contribution in [0.5, 0.6) is 0 Å². The minimum atomic E-state index is -4.01. The van der Waals surface area contributed by atoms with Crippen LogP contribution < -0.4 is 29.6 Å². The third-order valence-electron chi connectivity index (χ3n) is 5.57. The van der Waals surface area contributed by atoms with E-state index in [0.29, 0.717) is 6.42 Å². The number of unbranched alkanes of at least 4 members (excludes halogenated alkanes) is 16. The van der Waals surface area contributed by atoms with Gasteiger partial charge in [0.1, 0.15) is 0 Å². The van der Waals surface area contributed by atoms with Crippen LogP contribution in [0.4, 0.5) is 0 Å². The van der Waals surface area contributed by atoms with Crippen LogP contribution >= 0.6 is 0 Å². The fourth-order valence-electron chi connectivity index (χ4n) is 3.73. The zero-order chi connectivity index (χ0) is 20.9. The van der Waals surface area contributed by atoms with Gasteiger partial charge in [-0.1, -0.05) is 116 Å². The normalized spacial score (nSPS) is 12.7. The van der Waals surface area contributed by atoms with Gasteiger partial charge in [-0.3, -0.25) is 0 Å². The van der Waals surface area contributed by atoms with E-state index in [1.807, 2.05) is 0 Å². The Balaban J connectivity index is 0. The van der Waals surface area contributed by atoms with Crippen LogP contribution in [0.15, 0.2) is 0 Å². The van der Waals surface area contributed by atoms with E-state index < -0.39 is 10.1 Å². The summed E-state index contributed by atoms with van der Waals surface area (Å²) < 4.78 is 31.4. The molecule has 0 aliphatic carbocycles. The van der Waals surface area contributed by atoms with Crippen molar-refractivity contribution in [2.24, 2.45) is 0 Å². The third-order valence-corrected chi connectivity index (χ3v) is 6.36. The zero-order valence-electron chi connectivity index (χ0n) is 19.5. The second-order valence-electron chi connectivity index (χ2n) is 8.50. The number of aliphatic hydroxyl groups excluding tert-OH is 1. The first-order chi connectivity index (χ1) is 13.5. The van der Waals surface area contributed by atoms with E-state index >= 15 is 0 Å². The summed E-state index contributed by atoms with van der Waals surface area (Å²) in [5, 5.41) is 9.89. The predicted molar refractivity (Wildman–Crippen MR) is 119 cm³/mol. The Hall–Kier alpha value is 0.870. The van der Waals surface area contributed by atoms with Crippen LogP contribution in [-0.4, -0.2) is 29.9 Å². The van der Waals surface area contributed by atoms with E-state index in [-0.39, 0.29) is 41.4 Å². The van der Waals surface area contributed by atoms with Crippen molar-refractivity contribution in [3.8, 4) is 0 Å². The van der Waals surface area contributed by atoms with E-state index in [4.69, 9.17) is 0 Å². The molecular weight excluding hydrogens is 395 g/mol. The molecule has 0 aromatic rings. The minimum Gasteiger partial charge on any atom is -0.748 e. The Kier molecular flexibility index (Phi) is 26.0. The third kappa shape index (κ3) is 28.9. The summed E-state index contributed by atoms with van der Waals surface area (Å²) in [5.41, 5.74) is 0. The average molecular weight is 443 g/mol. The molecule has 0 amide bonds. The summed E-state index contributed by atoms with van der Waals surface area (Å²) in [6.45, 7) is 2.20. The Bertz CT molecular complexity index is 415. The van der Waals surface area contributed by atoms with Gasteiger partial charge in [0, 0.05) is 5.75 Å². The minimum absolute atomic E-state index is 0. The number of rotatable bonds is 22. The van der Waals surface area contributed by atoms with Gasteiger partial charge in [-0.25, -0.2) is 8.42 Å². The molecule has 0 heterocycles. The Morgan fingerprint density at radius 2 is 0.931 bits per heavy atom. The van der Waals surface area contributed by atoms with Crippen molar-refractivity contribution in [3.05, 3.63) is 0 Å². The molecule has 4 nitrogen and oxygen atoms in total. The first kappa shape index (κ1) is 32.1. The molecule has 0 aliphatic rings. The van der Waals surface area contributed by atoms with E-state index in [9.17, 15) is 18.1 Å². The van der Waals surface area contributed by atoms with Crippen molar-refractivity contribution in [2.75, 3.05) is 5.75 Å². The summed E-state index contributed by atoms with van der Waals surface area (Å²) in [6, 6.07) is 0. The molecule has 29 heavy (non-hydrogen) atoms. The summed E-state index contributed by atoms with van der Waals surface area (Å²) >= 11 is 0. The van der Waals surface area contributed by atoms with Gasteiger partial charge in [0.2, 0.25) is 0 Å². The van der Waals surface area contributed by atoms with Crippen LogP contribution in [0.2, 0.25) is 0 Å². The molecule has 0 spiro atoms. The summed E-state index contributed by atoms with van der Waals surface area (Å²) in [7, 11) is -4.01. The average Bonchev–Trinajstić information content (AvgIpc) is 2.63. The summed E-state index contributed by atoms with van der Waals surface area (Å²) in [4.78, 5) is 0. The molecule has 1 N–H and O–H groups in total. The monoisotopic (exact) mass is 442 g/mol. The maximum Gasteiger partial charge on any atom is 1.00 e. The van der Waals surface area contributed by atoms with Gasteiger partial charge in [-0.2, -0.15) is 0 Å². The number of hydrogen-bond donors (Lipinski definition) is 1. The van der Waals surface area contributed by atoms with Crippen LogP contribution in [0.25, 0.3) is 0 Å². The molecule has 0 rings (SSSR count). The van der Waals surface area contributed by atoms with Gasteiger partial charge >= 0.3 is 29.6 Å². The first-order valence-electron chi connectivity index (χ1n) is 12.1. The van der Waals surface area contributed by atoms with Gasteiger partial charge in [0.05, 0.1) is 16.2 Å². The van der Waals surface area contributed by atoms with Crippen molar-refractivity contribution in [2.45, 2.75) is 141 Å². The van der Waals surface area contributed by atoms with E-state index in [2.05, 4.69) is 6.92 Å². The van der Waals surface area contributed by atoms with Crippen molar-refractivity contribution in [1.82, 2.24) is 0 Å². The molecule has 170 valence electrons. The molecule has 1 unspecified atom stereocenters. The molecule has 6 heteroatoms. The van der Waals surface area contributed by atoms with E-state index in [1.165, 1.54) is 89.9 Å². The first-order valence-corrected chi connectivity index (χ1v) is 13.6. The van der Waals surface area contributed by atoms with E-state index in [0.717, 1.165) is 32.1 Å². The molecular formula is C23H47NaO4S. The van der Waals surface area contributed by atoms with Gasteiger partial charge in [0.15, 0.2) is 0 Å². The zero-order valence-corrected chi connectivity index (χ0v) is 22.3. The molecule has 0 saturated heterocycles. The summed E-state index contributed by atoms with van der Waals surface area (Å²) in [6.07, 6.45) is 23.4. The van der Waals surface area contributed by atoms with Gasteiger partial charge in [-0.05, 0) is 19.3 Å². The second kappa shape index (κ2) is 23.5. The smallest absolute Gasteiger partial charge is 0.748 e. The second-order valence-corrected chi connectivity index (χ2v) is 10.0.